The van der Waals surface area contributed by atoms with Crippen molar-refractivity contribution in [2.45, 2.75) is 4.90 Å². The van der Waals surface area contributed by atoms with Crippen LogP contribution < -0.4 is 5.56 Å². The monoisotopic (exact) mass is 331 g/mol. The summed E-state index contributed by atoms with van der Waals surface area (Å²) in [5.74, 6) is -2.81. The Morgan fingerprint density at radius 2 is 2.10 bits per heavy atom. The number of aromatic hydroxyl groups is 1. The number of benzene rings is 1. The SMILES string of the molecule is COC(=O)CS(=O)(=O)c1c(O)c2ccc(Cl)cc2[nH]c1=O. The lowest BCUT2D eigenvalue weighted by Crippen LogP contribution is -2.24. The Morgan fingerprint density at radius 1 is 1.43 bits per heavy atom. The van der Waals surface area contributed by atoms with Crippen LogP contribution in [0.5, 0.6) is 5.75 Å². The highest BCUT2D eigenvalue weighted by molar-refractivity contribution is 7.92. The lowest BCUT2D eigenvalue weighted by atomic mass is 10.2. The number of methoxy groups -OCH3 is 1. The van der Waals surface area contributed by atoms with Gasteiger partial charge in [0, 0.05) is 10.4 Å². The second-order valence-corrected chi connectivity index (χ2v) is 6.52. The molecule has 0 aliphatic heterocycles. The number of ether oxygens (including phenoxy) is 1. The molecule has 0 fully saturated rings. The summed E-state index contributed by atoms with van der Waals surface area (Å²) in [5.41, 5.74) is -0.854. The molecule has 21 heavy (non-hydrogen) atoms. The number of esters is 1. The van der Waals surface area contributed by atoms with Crippen molar-refractivity contribution < 1.29 is 23.1 Å². The Hall–Kier alpha value is -2.06. The lowest BCUT2D eigenvalue weighted by molar-refractivity contribution is -0.137. The molecule has 0 atom stereocenters. The summed E-state index contributed by atoms with van der Waals surface area (Å²) in [6.45, 7) is 0. The normalized spacial score (nSPS) is 11.5. The molecule has 0 unspecified atom stereocenters. The van der Waals surface area contributed by atoms with Crippen molar-refractivity contribution in [3.63, 3.8) is 0 Å². The zero-order valence-corrected chi connectivity index (χ0v) is 12.3. The van der Waals surface area contributed by atoms with E-state index in [1.807, 2.05) is 0 Å². The van der Waals surface area contributed by atoms with Crippen LogP contribution in [0.3, 0.4) is 0 Å². The van der Waals surface area contributed by atoms with Crippen LogP contribution >= 0.6 is 11.6 Å². The lowest BCUT2D eigenvalue weighted by Gasteiger charge is -2.08. The molecule has 1 aromatic carbocycles. The summed E-state index contributed by atoms with van der Waals surface area (Å²) in [6.07, 6.45) is 0. The summed E-state index contributed by atoms with van der Waals surface area (Å²) >= 11 is 5.76. The molecule has 7 nitrogen and oxygen atoms in total. The standard InChI is InChI=1S/C12H10ClNO6S/c1-20-9(15)5-21(18,19)11-10(16)7-3-2-6(13)4-8(7)14-12(11)17/h2-4H,5H2,1H3,(H2,14,16,17). The van der Waals surface area contributed by atoms with Crippen LogP contribution in [0, 0.1) is 0 Å². The van der Waals surface area contributed by atoms with E-state index in [-0.39, 0.29) is 10.9 Å². The second kappa shape index (κ2) is 5.38. The summed E-state index contributed by atoms with van der Waals surface area (Å²) in [4.78, 5) is 24.4. The molecule has 2 rings (SSSR count). The number of nitrogens with one attached hydrogen (secondary N) is 1. The van der Waals surface area contributed by atoms with Crippen LogP contribution in [0.1, 0.15) is 0 Å². The maximum absolute atomic E-state index is 12.0. The van der Waals surface area contributed by atoms with Crippen molar-refractivity contribution in [3.8, 4) is 5.75 Å². The molecule has 0 amide bonds. The van der Waals surface area contributed by atoms with Crippen molar-refractivity contribution >= 4 is 38.3 Å². The highest BCUT2D eigenvalue weighted by Crippen LogP contribution is 2.29. The summed E-state index contributed by atoms with van der Waals surface area (Å²) in [7, 11) is -3.32. The minimum atomic E-state index is -4.34. The van der Waals surface area contributed by atoms with Gasteiger partial charge in [-0.2, -0.15) is 0 Å². The molecule has 1 aromatic heterocycles. The minimum Gasteiger partial charge on any atom is -0.506 e. The van der Waals surface area contributed by atoms with Crippen molar-refractivity contribution in [2.24, 2.45) is 0 Å². The van der Waals surface area contributed by atoms with Crippen LogP contribution in [0.2, 0.25) is 5.02 Å². The van der Waals surface area contributed by atoms with Gasteiger partial charge in [0.2, 0.25) is 0 Å². The Kier molecular flexibility index (Phi) is 3.93. The average molecular weight is 332 g/mol. The fraction of sp³-hybridized carbons (Fsp3) is 0.167. The number of hydrogen-bond acceptors (Lipinski definition) is 6. The number of carbonyl (C=O) groups is 1. The largest absolute Gasteiger partial charge is 0.506 e. The molecular weight excluding hydrogens is 322 g/mol. The maximum atomic E-state index is 12.0. The van der Waals surface area contributed by atoms with E-state index >= 15 is 0 Å². The van der Waals surface area contributed by atoms with Gasteiger partial charge in [-0.25, -0.2) is 8.42 Å². The Labute approximate surface area is 124 Å². The zero-order valence-electron chi connectivity index (χ0n) is 10.7. The Morgan fingerprint density at radius 3 is 2.71 bits per heavy atom. The first-order chi connectivity index (χ1) is 9.76. The average Bonchev–Trinajstić information content (AvgIpc) is 2.36. The van der Waals surface area contributed by atoms with Gasteiger partial charge in [-0.1, -0.05) is 11.6 Å². The fourth-order valence-corrected chi connectivity index (χ4v) is 3.29. The van der Waals surface area contributed by atoms with E-state index in [1.165, 1.54) is 18.2 Å². The van der Waals surface area contributed by atoms with Gasteiger partial charge < -0.3 is 14.8 Å². The van der Waals surface area contributed by atoms with Crippen LogP contribution in [-0.4, -0.2) is 37.3 Å². The molecule has 112 valence electrons. The van der Waals surface area contributed by atoms with Gasteiger partial charge in [-0.3, -0.25) is 9.59 Å². The smallest absolute Gasteiger partial charge is 0.321 e. The third-order valence-electron chi connectivity index (χ3n) is 2.75. The number of rotatable bonds is 3. The van der Waals surface area contributed by atoms with Crippen molar-refractivity contribution in [3.05, 3.63) is 33.6 Å². The first-order valence-electron chi connectivity index (χ1n) is 5.60. The predicted octanol–water partition coefficient (Wildman–Crippen LogP) is 0.834. The topological polar surface area (TPSA) is 114 Å². The minimum absolute atomic E-state index is 0.0995. The molecule has 1 heterocycles. The fourth-order valence-electron chi connectivity index (χ4n) is 1.81. The van der Waals surface area contributed by atoms with Crippen LogP contribution in [0.25, 0.3) is 10.9 Å². The molecule has 0 bridgehead atoms. The van der Waals surface area contributed by atoms with Gasteiger partial charge in [0.05, 0.1) is 12.6 Å². The van der Waals surface area contributed by atoms with Crippen molar-refractivity contribution in [1.29, 1.82) is 0 Å². The van der Waals surface area contributed by atoms with Gasteiger partial charge in [0.1, 0.15) is 5.75 Å². The van der Waals surface area contributed by atoms with Crippen molar-refractivity contribution in [2.75, 3.05) is 12.9 Å². The Balaban J connectivity index is 2.73. The molecule has 9 heteroatoms. The molecule has 0 spiro atoms. The molecule has 0 saturated heterocycles. The first kappa shape index (κ1) is 15.3. The van der Waals surface area contributed by atoms with Crippen LogP contribution in [0.15, 0.2) is 27.9 Å². The van der Waals surface area contributed by atoms with E-state index in [0.29, 0.717) is 5.02 Å². The van der Waals surface area contributed by atoms with E-state index in [9.17, 15) is 23.1 Å². The maximum Gasteiger partial charge on any atom is 0.321 e. The Bertz CT molecular complexity index is 886. The van der Waals surface area contributed by atoms with E-state index in [0.717, 1.165) is 7.11 Å². The highest BCUT2D eigenvalue weighted by Gasteiger charge is 2.28. The molecule has 2 aromatic rings. The quantitative estimate of drug-likeness (QED) is 0.805. The number of sulfone groups is 1. The molecular formula is C12H10ClNO6S. The highest BCUT2D eigenvalue weighted by atomic mass is 35.5. The molecule has 0 radical (unpaired) electrons. The third kappa shape index (κ3) is 2.86. The summed E-state index contributed by atoms with van der Waals surface area (Å²) in [5, 5.41) is 10.5. The number of aromatic amines is 1. The van der Waals surface area contributed by atoms with Gasteiger partial charge in [-0.15, -0.1) is 0 Å². The van der Waals surface area contributed by atoms with Gasteiger partial charge in [0.25, 0.3) is 5.56 Å². The van der Waals surface area contributed by atoms with E-state index < -0.39 is 37.8 Å². The van der Waals surface area contributed by atoms with Gasteiger partial charge >= 0.3 is 5.97 Å². The van der Waals surface area contributed by atoms with E-state index in [1.54, 1.807) is 0 Å². The van der Waals surface area contributed by atoms with E-state index in [2.05, 4.69) is 9.72 Å². The van der Waals surface area contributed by atoms with Crippen molar-refractivity contribution in [1.82, 2.24) is 4.98 Å². The van der Waals surface area contributed by atoms with Crippen LogP contribution in [0.4, 0.5) is 0 Å². The summed E-state index contributed by atoms with van der Waals surface area (Å²) in [6, 6.07) is 4.16. The number of pyridine rings is 1. The first-order valence-corrected chi connectivity index (χ1v) is 7.63. The van der Waals surface area contributed by atoms with Gasteiger partial charge in [-0.05, 0) is 18.2 Å². The third-order valence-corrected chi connectivity index (χ3v) is 4.60. The molecule has 0 aliphatic rings. The van der Waals surface area contributed by atoms with Crippen LogP contribution in [-0.2, 0) is 19.4 Å². The molecule has 0 aliphatic carbocycles. The predicted molar refractivity (Wildman–Crippen MR) is 75.3 cm³/mol. The number of carbonyl (C=O) groups excluding carboxylic acids is 1. The number of hydrogen-bond donors (Lipinski definition) is 2. The number of H-pyrrole nitrogens is 1. The number of fused-ring (bicyclic) bond motifs is 1. The number of aromatic nitrogens is 1. The second-order valence-electron chi connectivity index (χ2n) is 4.16. The summed E-state index contributed by atoms with van der Waals surface area (Å²) < 4.78 is 28.4. The molecule has 0 saturated carbocycles. The zero-order chi connectivity index (χ0) is 15.8. The van der Waals surface area contributed by atoms with E-state index in [4.69, 9.17) is 11.6 Å². The van der Waals surface area contributed by atoms with Gasteiger partial charge in [0.15, 0.2) is 20.5 Å². The number of halogens is 1. The molecule has 2 N–H and O–H groups in total.